The van der Waals surface area contributed by atoms with Crippen molar-refractivity contribution in [3.8, 4) is 0 Å². The molecule has 1 aliphatic heterocycles. The number of hydrogen-bond donors (Lipinski definition) is 1. The zero-order valence-corrected chi connectivity index (χ0v) is 16.7. The number of hydrogen-bond acceptors (Lipinski definition) is 7. The molecule has 0 bridgehead atoms. The van der Waals surface area contributed by atoms with Crippen molar-refractivity contribution in [1.29, 1.82) is 0 Å². The first-order chi connectivity index (χ1) is 13.4. The number of rotatable bonds is 7. The van der Waals surface area contributed by atoms with E-state index in [1.165, 1.54) is 4.57 Å². The van der Waals surface area contributed by atoms with Crippen molar-refractivity contribution in [2.45, 2.75) is 32.7 Å². The minimum absolute atomic E-state index is 0.119. The Kier molecular flexibility index (Phi) is 6.18. The van der Waals surface area contributed by atoms with Gasteiger partial charge in [-0.15, -0.1) is 0 Å². The topological polar surface area (TPSA) is 105 Å². The third-order valence-corrected chi connectivity index (χ3v) is 5.07. The van der Waals surface area contributed by atoms with Crippen molar-refractivity contribution < 1.29 is 9.53 Å². The Morgan fingerprint density at radius 1 is 1.14 bits per heavy atom. The van der Waals surface area contributed by atoms with E-state index in [9.17, 15) is 14.4 Å². The van der Waals surface area contributed by atoms with Gasteiger partial charge in [0, 0.05) is 33.2 Å². The van der Waals surface area contributed by atoms with Crippen molar-refractivity contribution in [2.75, 3.05) is 44.7 Å². The number of unbranched alkanes of at least 4 members (excludes halogenated alkanes) is 2. The molecular formula is C18H28N6O4. The van der Waals surface area contributed by atoms with Gasteiger partial charge in [0.1, 0.15) is 6.54 Å². The van der Waals surface area contributed by atoms with Crippen LogP contribution in [0, 0.1) is 0 Å². The molecule has 0 unspecified atom stereocenters. The van der Waals surface area contributed by atoms with Crippen LogP contribution < -0.4 is 16.1 Å². The highest BCUT2D eigenvalue weighted by molar-refractivity contribution is 5.78. The summed E-state index contributed by atoms with van der Waals surface area (Å²) in [5.74, 6) is 0.0966. The van der Waals surface area contributed by atoms with Gasteiger partial charge in [0.05, 0.1) is 6.61 Å². The van der Waals surface area contributed by atoms with Gasteiger partial charge >= 0.3 is 11.7 Å². The van der Waals surface area contributed by atoms with E-state index in [2.05, 4.69) is 21.8 Å². The number of esters is 1. The fourth-order valence-corrected chi connectivity index (χ4v) is 3.33. The molecule has 1 aliphatic rings. The molecule has 1 fully saturated rings. The Bertz CT molecular complexity index is 951. The number of carbonyl (C=O) groups is 1. The summed E-state index contributed by atoms with van der Waals surface area (Å²) in [5, 5.41) is 0. The maximum Gasteiger partial charge on any atom is 0.329 e. The number of aromatic amines is 1. The number of piperazine rings is 1. The zero-order chi connectivity index (χ0) is 20.3. The fourth-order valence-electron chi connectivity index (χ4n) is 3.33. The standard InChI is InChI=1S/C18H28N6O4/c1-4-5-6-11-28-13(25)12-24-14-15(22(3)18(27)20-16(14)26)19-17(24)23-9-7-21(2)8-10-23/h4-12H2,1-3H3,(H,20,26,27). The molecule has 0 atom stereocenters. The quantitative estimate of drug-likeness (QED) is 0.518. The Hall–Kier alpha value is -2.62. The first kappa shape index (κ1) is 20.1. The maximum absolute atomic E-state index is 12.5. The Morgan fingerprint density at radius 3 is 2.54 bits per heavy atom. The van der Waals surface area contributed by atoms with Gasteiger partial charge in [0.25, 0.3) is 5.56 Å². The molecular weight excluding hydrogens is 364 g/mol. The number of anilines is 1. The minimum atomic E-state index is -0.551. The van der Waals surface area contributed by atoms with Crippen LogP contribution in [0.5, 0.6) is 0 Å². The van der Waals surface area contributed by atoms with E-state index in [0.29, 0.717) is 12.6 Å². The summed E-state index contributed by atoms with van der Waals surface area (Å²) in [6, 6.07) is 0. The largest absolute Gasteiger partial charge is 0.464 e. The first-order valence-electron chi connectivity index (χ1n) is 9.71. The van der Waals surface area contributed by atoms with Gasteiger partial charge in [0.15, 0.2) is 11.2 Å². The Balaban J connectivity index is 1.96. The molecule has 28 heavy (non-hydrogen) atoms. The molecule has 0 aliphatic carbocycles. The van der Waals surface area contributed by atoms with Crippen molar-refractivity contribution in [2.24, 2.45) is 7.05 Å². The fraction of sp³-hybridized carbons (Fsp3) is 0.667. The molecule has 0 saturated carbocycles. The van der Waals surface area contributed by atoms with Crippen LogP contribution in [-0.4, -0.2) is 69.8 Å². The molecule has 1 N–H and O–H groups in total. The number of aryl methyl sites for hydroxylation is 1. The summed E-state index contributed by atoms with van der Waals surface area (Å²) in [5.41, 5.74) is -0.609. The van der Waals surface area contributed by atoms with E-state index in [4.69, 9.17) is 4.74 Å². The number of aromatic nitrogens is 4. The predicted molar refractivity (Wildman–Crippen MR) is 106 cm³/mol. The molecule has 0 aromatic carbocycles. The highest BCUT2D eigenvalue weighted by Gasteiger charge is 2.25. The van der Waals surface area contributed by atoms with Crippen LogP contribution in [0.1, 0.15) is 26.2 Å². The lowest BCUT2D eigenvalue weighted by Gasteiger charge is -2.33. The number of likely N-dealkylation sites (N-methyl/N-ethyl adjacent to an activating group) is 1. The van der Waals surface area contributed by atoms with Gasteiger partial charge in [-0.3, -0.25) is 23.7 Å². The van der Waals surface area contributed by atoms with Gasteiger partial charge in [-0.05, 0) is 13.5 Å². The van der Waals surface area contributed by atoms with Crippen LogP contribution >= 0.6 is 0 Å². The van der Waals surface area contributed by atoms with Crippen LogP contribution in [0.2, 0.25) is 0 Å². The summed E-state index contributed by atoms with van der Waals surface area (Å²) in [4.78, 5) is 47.9. The molecule has 10 nitrogen and oxygen atoms in total. The molecule has 3 rings (SSSR count). The highest BCUT2D eigenvalue weighted by Crippen LogP contribution is 2.20. The number of H-pyrrole nitrogens is 1. The van der Waals surface area contributed by atoms with Crippen LogP contribution in [0.3, 0.4) is 0 Å². The Morgan fingerprint density at radius 2 is 1.86 bits per heavy atom. The van der Waals surface area contributed by atoms with E-state index in [-0.39, 0.29) is 17.7 Å². The van der Waals surface area contributed by atoms with Crippen LogP contribution in [0.25, 0.3) is 11.2 Å². The molecule has 3 heterocycles. The second-order valence-electron chi connectivity index (χ2n) is 7.21. The number of nitrogens with one attached hydrogen (secondary N) is 1. The van der Waals surface area contributed by atoms with Gasteiger partial charge in [-0.25, -0.2) is 4.79 Å². The summed E-state index contributed by atoms with van der Waals surface area (Å²) >= 11 is 0. The average Bonchev–Trinajstić information content (AvgIpc) is 3.04. The number of nitrogens with zero attached hydrogens (tertiary/aromatic N) is 5. The maximum atomic E-state index is 12.5. The van der Waals surface area contributed by atoms with Crippen molar-refractivity contribution >= 4 is 23.1 Å². The van der Waals surface area contributed by atoms with Gasteiger partial charge < -0.3 is 14.5 Å². The SMILES string of the molecule is CCCCCOC(=O)Cn1c(N2CCN(C)CC2)nc2c1c(=O)[nH]c(=O)n2C. The van der Waals surface area contributed by atoms with Crippen molar-refractivity contribution in [3.05, 3.63) is 20.8 Å². The number of ether oxygens (including phenoxy) is 1. The van der Waals surface area contributed by atoms with Crippen LogP contribution in [-0.2, 0) is 23.1 Å². The zero-order valence-electron chi connectivity index (χ0n) is 16.7. The minimum Gasteiger partial charge on any atom is -0.464 e. The lowest BCUT2D eigenvalue weighted by molar-refractivity contribution is -0.144. The van der Waals surface area contributed by atoms with Gasteiger partial charge in [0.2, 0.25) is 5.95 Å². The third kappa shape index (κ3) is 4.11. The molecule has 1 saturated heterocycles. The number of carbonyl (C=O) groups excluding carboxylic acids is 1. The third-order valence-electron chi connectivity index (χ3n) is 5.07. The predicted octanol–water partition coefficient (Wildman–Crippen LogP) is -0.0915. The van der Waals surface area contributed by atoms with Crippen LogP contribution in [0.15, 0.2) is 9.59 Å². The van der Waals surface area contributed by atoms with Gasteiger partial charge in [-0.2, -0.15) is 4.98 Å². The summed E-state index contributed by atoms with van der Waals surface area (Å²) in [6.45, 7) is 5.45. The average molecular weight is 392 g/mol. The molecule has 0 spiro atoms. The molecule has 10 heteroatoms. The Labute approximate surface area is 162 Å². The van der Waals surface area contributed by atoms with Gasteiger partial charge in [-0.1, -0.05) is 19.8 Å². The molecule has 2 aromatic heterocycles. The second kappa shape index (κ2) is 8.59. The van der Waals surface area contributed by atoms with Crippen LogP contribution in [0.4, 0.5) is 5.95 Å². The molecule has 154 valence electrons. The van der Waals surface area contributed by atoms with E-state index >= 15 is 0 Å². The first-order valence-corrected chi connectivity index (χ1v) is 9.71. The van der Waals surface area contributed by atoms with E-state index < -0.39 is 17.2 Å². The van der Waals surface area contributed by atoms with E-state index in [1.807, 2.05) is 11.9 Å². The summed E-state index contributed by atoms with van der Waals surface area (Å²) < 4.78 is 8.19. The summed E-state index contributed by atoms with van der Waals surface area (Å²) in [7, 11) is 3.59. The van der Waals surface area contributed by atoms with Crippen molar-refractivity contribution in [3.63, 3.8) is 0 Å². The monoisotopic (exact) mass is 392 g/mol. The molecule has 0 amide bonds. The number of fused-ring (bicyclic) bond motifs is 1. The molecule has 0 radical (unpaired) electrons. The summed E-state index contributed by atoms with van der Waals surface area (Å²) in [6.07, 6.45) is 2.85. The molecule has 2 aromatic rings. The lowest BCUT2D eigenvalue weighted by atomic mass is 10.3. The smallest absolute Gasteiger partial charge is 0.329 e. The van der Waals surface area contributed by atoms with Crippen molar-refractivity contribution in [1.82, 2.24) is 24.0 Å². The normalized spacial score (nSPS) is 15.3. The second-order valence-corrected chi connectivity index (χ2v) is 7.21. The van der Waals surface area contributed by atoms with E-state index in [1.54, 1.807) is 11.6 Å². The lowest BCUT2D eigenvalue weighted by Crippen LogP contribution is -2.45. The number of imidazole rings is 1. The highest BCUT2D eigenvalue weighted by atomic mass is 16.5. The van der Waals surface area contributed by atoms with E-state index in [0.717, 1.165) is 45.4 Å².